The molecule has 0 spiro atoms. The summed E-state index contributed by atoms with van der Waals surface area (Å²) < 4.78 is 7.08. The van der Waals surface area contributed by atoms with E-state index < -0.39 is 0 Å². The number of nitrogens with one attached hydrogen (secondary N) is 1. The average Bonchev–Trinajstić information content (AvgIpc) is 3.76. The number of ether oxygens (including phenoxy) is 1. The van der Waals surface area contributed by atoms with Crippen LogP contribution in [0.1, 0.15) is 72.1 Å². The van der Waals surface area contributed by atoms with E-state index in [1.165, 1.54) is 17.8 Å². The molecule has 3 atom stereocenters. The Balaban J connectivity index is 1.22. The van der Waals surface area contributed by atoms with Gasteiger partial charge in [0.25, 0.3) is 5.91 Å². The van der Waals surface area contributed by atoms with Gasteiger partial charge in [0.15, 0.2) is 11.4 Å². The lowest BCUT2D eigenvalue weighted by Gasteiger charge is -2.38. The third-order valence-corrected chi connectivity index (χ3v) is 8.57. The van der Waals surface area contributed by atoms with Crippen LogP contribution in [0, 0.1) is 0 Å². The Bertz CT molecular complexity index is 1800. The second kappa shape index (κ2) is 10.6. The van der Waals surface area contributed by atoms with Gasteiger partial charge < -0.3 is 15.4 Å². The Morgan fingerprint density at radius 1 is 1.02 bits per heavy atom. The summed E-state index contributed by atoms with van der Waals surface area (Å²) in [6, 6.07) is 11.8. The molecule has 3 N–H and O–H groups in total. The monoisotopic (exact) mass is 577 g/mol. The number of carbonyl (C=O) groups is 2. The molecule has 0 radical (unpaired) electrons. The van der Waals surface area contributed by atoms with Gasteiger partial charge in [-0.05, 0) is 69.9 Å². The van der Waals surface area contributed by atoms with Crippen molar-refractivity contribution in [3.8, 4) is 28.1 Å². The van der Waals surface area contributed by atoms with E-state index in [0.717, 1.165) is 41.0 Å². The van der Waals surface area contributed by atoms with Crippen LogP contribution in [0.2, 0.25) is 0 Å². The van der Waals surface area contributed by atoms with E-state index in [9.17, 15) is 9.59 Å². The Labute approximate surface area is 247 Å². The van der Waals surface area contributed by atoms with Crippen LogP contribution in [0.4, 0.5) is 5.82 Å². The van der Waals surface area contributed by atoms with Crippen molar-refractivity contribution < 1.29 is 14.3 Å². The number of benzene rings is 1. The minimum Gasteiger partial charge on any atom is -0.494 e. The highest BCUT2D eigenvalue weighted by molar-refractivity contribution is 6.00. The van der Waals surface area contributed by atoms with Gasteiger partial charge in [-0.3, -0.25) is 19.7 Å². The van der Waals surface area contributed by atoms with Crippen LogP contribution in [-0.4, -0.2) is 70.0 Å². The first-order valence-electron chi connectivity index (χ1n) is 14.5. The largest absolute Gasteiger partial charge is 0.494 e. The molecule has 1 unspecified atom stereocenters. The van der Waals surface area contributed by atoms with Crippen LogP contribution in [0.3, 0.4) is 0 Å². The van der Waals surface area contributed by atoms with E-state index in [1.807, 2.05) is 48.2 Å². The molecule has 2 fully saturated rings. The summed E-state index contributed by atoms with van der Waals surface area (Å²) in [6.45, 7) is 4.08. The van der Waals surface area contributed by atoms with Gasteiger partial charge >= 0.3 is 0 Å². The molecule has 0 saturated carbocycles. The van der Waals surface area contributed by atoms with Crippen LogP contribution in [-0.2, 0) is 0 Å². The number of hydrogen-bond acceptors (Lipinski definition) is 9. The number of nitrogens with zero attached hydrogens (tertiary/aromatic N) is 7. The van der Waals surface area contributed by atoms with Crippen molar-refractivity contribution in [1.29, 1.82) is 0 Å². The first-order chi connectivity index (χ1) is 20.9. The zero-order chi connectivity index (χ0) is 29.7. The van der Waals surface area contributed by atoms with Crippen molar-refractivity contribution in [3.63, 3.8) is 0 Å². The molecule has 6 heterocycles. The van der Waals surface area contributed by atoms with Crippen LogP contribution in [0.5, 0.6) is 5.75 Å². The average molecular weight is 578 g/mol. The maximum absolute atomic E-state index is 13.2. The fraction of sp³-hybridized carbons (Fsp3) is 0.323. The van der Waals surface area contributed by atoms with Crippen LogP contribution in [0.25, 0.3) is 28.0 Å². The molecule has 1 amide bonds. The summed E-state index contributed by atoms with van der Waals surface area (Å²) in [6.07, 6.45) is 7.99. The number of pyridine rings is 1. The summed E-state index contributed by atoms with van der Waals surface area (Å²) in [5.74, 6) is 0.995. The number of aromatic nitrogens is 7. The van der Waals surface area contributed by atoms with Crippen LogP contribution >= 0.6 is 0 Å². The minimum atomic E-state index is -0.159. The van der Waals surface area contributed by atoms with Gasteiger partial charge in [-0.15, -0.1) is 0 Å². The third kappa shape index (κ3) is 4.59. The normalized spacial score (nSPS) is 19.6. The molecule has 1 aromatic carbocycles. The Hall–Kier alpha value is -5.13. The lowest BCUT2D eigenvalue weighted by molar-refractivity contribution is 0.0556. The number of fused-ring (bicyclic) bond motifs is 3. The van der Waals surface area contributed by atoms with Crippen molar-refractivity contribution >= 4 is 23.2 Å². The van der Waals surface area contributed by atoms with Crippen LogP contribution < -0.4 is 10.5 Å². The predicted molar refractivity (Wildman–Crippen MR) is 159 cm³/mol. The molecule has 2 bridgehead atoms. The maximum atomic E-state index is 13.2. The highest BCUT2D eigenvalue weighted by Gasteiger charge is 2.45. The number of nitrogens with two attached hydrogens (primary N) is 1. The van der Waals surface area contributed by atoms with Crippen molar-refractivity contribution in [2.75, 3.05) is 12.3 Å². The molecule has 5 aromatic rings. The number of H-pyrrole nitrogens is 1. The Kier molecular flexibility index (Phi) is 6.60. The van der Waals surface area contributed by atoms with Crippen LogP contribution in [0.15, 0.2) is 55.1 Å². The smallest absolute Gasteiger partial charge is 0.291 e. The maximum Gasteiger partial charge on any atom is 0.291 e. The molecule has 43 heavy (non-hydrogen) atoms. The SMILES string of the molecule is CCOc1ccc(-c2ccc(-c3cnn4c(N)c(C(C)=O)c(C5C[C@H]6CC[C@@H](C5)N6C(=O)c5ncn[nH]5)nc34)cn2)cc1. The number of aromatic amines is 1. The second-order valence-electron chi connectivity index (χ2n) is 11.1. The summed E-state index contributed by atoms with van der Waals surface area (Å²) in [5, 5.41) is 11.0. The predicted octanol–water partition coefficient (Wildman–Crippen LogP) is 4.31. The fourth-order valence-electron chi connectivity index (χ4n) is 6.67. The number of rotatable bonds is 7. The number of carbonyl (C=O) groups excluding carboxylic acids is 2. The number of anilines is 1. The van der Waals surface area contributed by atoms with Gasteiger partial charge in [0, 0.05) is 40.9 Å². The van der Waals surface area contributed by atoms with Gasteiger partial charge in [-0.25, -0.2) is 9.97 Å². The Morgan fingerprint density at radius 2 is 1.77 bits per heavy atom. The summed E-state index contributed by atoms with van der Waals surface area (Å²) in [4.78, 5) is 41.9. The lowest BCUT2D eigenvalue weighted by atomic mass is 9.85. The molecular formula is C31H31N9O3. The lowest BCUT2D eigenvalue weighted by Crippen LogP contribution is -2.46. The molecule has 7 rings (SSSR count). The summed E-state index contributed by atoms with van der Waals surface area (Å²) in [7, 11) is 0. The van der Waals surface area contributed by atoms with E-state index in [2.05, 4.69) is 20.3 Å². The van der Waals surface area contributed by atoms with Crippen molar-refractivity contribution in [2.45, 2.75) is 57.5 Å². The molecule has 0 aliphatic carbocycles. The van der Waals surface area contributed by atoms with Gasteiger partial charge in [0.2, 0.25) is 5.82 Å². The highest BCUT2D eigenvalue weighted by Crippen LogP contribution is 2.45. The van der Waals surface area contributed by atoms with Gasteiger partial charge in [-0.2, -0.15) is 14.7 Å². The molecule has 12 nitrogen and oxygen atoms in total. The zero-order valence-corrected chi connectivity index (χ0v) is 23.9. The van der Waals surface area contributed by atoms with Gasteiger partial charge in [0.05, 0.1) is 29.8 Å². The standard InChI is InChI=1S/C31H31N9O3/c1-3-43-23-9-4-18(5-10-23)25-11-6-19(14-33-25)24-15-36-40-28(32)26(17(2)41)27(37-30(24)40)20-12-21-7-8-22(13-20)39(21)31(42)29-34-16-35-38-29/h4-6,9-11,14-16,20-22H,3,7-8,12-13,32H2,1-2H3,(H,34,35,38)/t20?,21-,22+. The molecule has 2 saturated heterocycles. The number of amides is 1. The van der Waals surface area contributed by atoms with Gasteiger partial charge in [0.1, 0.15) is 17.9 Å². The minimum absolute atomic E-state index is 0.0177. The molecule has 2 aliphatic rings. The van der Waals surface area contributed by atoms with E-state index in [0.29, 0.717) is 36.4 Å². The third-order valence-electron chi connectivity index (χ3n) is 8.57. The number of Topliss-reactive ketones (excluding diaryl/α,β-unsaturated/α-hetero) is 1. The zero-order valence-electron chi connectivity index (χ0n) is 23.9. The Morgan fingerprint density at radius 3 is 2.40 bits per heavy atom. The quantitative estimate of drug-likeness (QED) is 0.269. The summed E-state index contributed by atoms with van der Waals surface area (Å²) in [5.41, 5.74) is 11.7. The summed E-state index contributed by atoms with van der Waals surface area (Å²) >= 11 is 0. The molecule has 4 aromatic heterocycles. The van der Waals surface area contributed by atoms with Crippen molar-refractivity contribution in [2.24, 2.45) is 0 Å². The van der Waals surface area contributed by atoms with E-state index in [-0.39, 0.29) is 41.3 Å². The van der Waals surface area contributed by atoms with E-state index in [4.69, 9.17) is 20.4 Å². The first kappa shape index (κ1) is 26.7. The number of hydrogen-bond donors (Lipinski definition) is 2. The van der Waals surface area contributed by atoms with Gasteiger partial charge in [-0.1, -0.05) is 6.07 Å². The van der Waals surface area contributed by atoms with Crippen molar-refractivity contribution in [1.82, 2.24) is 39.7 Å². The van der Waals surface area contributed by atoms with E-state index in [1.54, 1.807) is 12.4 Å². The molecule has 12 heteroatoms. The molecular weight excluding hydrogens is 546 g/mol. The first-order valence-corrected chi connectivity index (χ1v) is 14.5. The topological polar surface area (TPSA) is 157 Å². The second-order valence-corrected chi connectivity index (χ2v) is 11.1. The van der Waals surface area contributed by atoms with E-state index >= 15 is 0 Å². The fourth-order valence-corrected chi connectivity index (χ4v) is 6.67. The highest BCUT2D eigenvalue weighted by atomic mass is 16.5. The molecule has 2 aliphatic heterocycles. The van der Waals surface area contributed by atoms with Crippen molar-refractivity contribution in [3.05, 3.63) is 72.2 Å². The number of piperidine rings is 1. The number of nitrogen functional groups attached to an aromatic ring is 1. The molecule has 218 valence electrons. The number of ketones is 1.